The highest BCUT2D eigenvalue weighted by atomic mass is 19.4. The van der Waals surface area contributed by atoms with Crippen molar-refractivity contribution in [3.63, 3.8) is 0 Å². The van der Waals surface area contributed by atoms with Crippen LogP contribution >= 0.6 is 0 Å². The van der Waals surface area contributed by atoms with E-state index in [2.05, 4.69) is 61.8 Å². The number of hydrogen-bond donors (Lipinski definition) is 10. The predicted octanol–water partition coefficient (Wildman–Crippen LogP) is 11.8. The van der Waals surface area contributed by atoms with Crippen molar-refractivity contribution in [3.05, 3.63) is 268 Å². The number of H-pyrrole nitrogens is 3. The molecule has 0 saturated heterocycles. The lowest BCUT2D eigenvalue weighted by Gasteiger charge is -2.22. The Bertz CT molecular complexity index is 4680. The topological polar surface area (TPSA) is 326 Å². The van der Waals surface area contributed by atoms with Gasteiger partial charge in [-0.15, -0.1) is 0 Å². The van der Waals surface area contributed by atoms with Crippen LogP contribution in [0.4, 0.5) is 30.2 Å². The molecule has 23 nitrogen and oxygen atoms in total. The second-order valence-electron chi connectivity index (χ2n) is 25.5. The summed E-state index contributed by atoms with van der Waals surface area (Å²) in [4.78, 5) is 118. The molecule has 0 fully saturated rings. The smallest absolute Gasteiger partial charge is 0.490 e. The summed E-state index contributed by atoms with van der Waals surface area (Å²) in [5, 5.41) is 27.8. The average molecular weight is 1450 g/mol. The number of rotatable bonds is 27. The van der Waals surface area contributed by atoms with Crippen molar-refractivity contribution in [1.82, 2.24) is 45.9 Å². The maximum atomic E-state index is 14.5. The van der Waals surface area contributed by atoms with Crippen molar-refractivity contribution in [3.8, 4) is 17.2 Å². The van der Waals surface area contributed by atoms with Gasteiger partial charge in [-0.05, 0) is 182 Å². The fourth-order valence-corrected chi connectivity index (χ4v) is 12.7. The summed E-state index contributed by atoms with van der Waals surface area (Å²) in [5.74, 6) is -3.67. The molecule has 0 unspecified atom stereocenters. The third kappa shape index (κ3) is 19.2. The summed E-state index contributed by atoms with van der Waals surface area (Å²) in [6, 6.07) is 52.4. The standard InChI is InChI=1S/C79H76N12O9.C2HF3O2/c1-46-61(64-40-58(98-4)28-31-67(64)83-46)43-73(92)89-70(37-55-13-7-10-34-80-55)77(95)86-52-22-16-49(17-23-52)76(50-18-24-53(25-19-50)87-78(96)71(38-56-14-8-11-35-81-56)90-74(93)44-62-47(2)84-68-32-29-59(99-5)41-65(62)68)51-20-26-54(27-21-51)88-79(97)72(39-57-15-9-12-36-82-57)91-75(94)45-63-48(3)85-69-33-30-60(100-6)42-66(63)69;3-2(4,5)1(6)7/h7-36,40-42,70-72,76,83-85H,37-39,43-45H2,1-6H3,(H,86,95)(H,87,96)(H,88,97)(H,89,92)(H,90,93)(H,91,94);(H,6,7)/t70-,71-,72-;/m0./s1. The van der Waals surface area contributed by atoms with Crippen molar-refractivity contribution in [2.75, 3.05) is 37.3 Å². The van der Waals surface area contributed by atoms with Gasteiger partial charge in [0.1, 0.15) is 35.4 Å². The maximum Gasteiger partial charge on any atom is 0.490 e. The summed E-state index contributed by atoms with van der Waals surface area (Å²) in [6.45, 7) is 5.72. The van der Waals surface area contributed by atoms with Crippen molar-refractivity contribution in [2.45, 2.75) is 89.5 Å². The first kappa shape index (κ1) is 75.0. The maximum absolute atomic E-state index is 14.5. The Morgan fingerprint density at radius 1 is 0.411 bits per heavy atom. The number of aromatic nitrogens is 6. The number of aliphatic carboxylic acids is 1. The number of halogens is 3. The average Bonchev–Trinajstić information content (AvgIpc) is 1.78. The number of nitrogens with one attached hydrogen (secondary N) is 9. The molecule has 6 aromatic heterocycles. The lowest BCUT2D eigenvalue weighted by Crippen LogP contribution is -2.46. The van der Waals surface area contributed by atoms with Crippen LogP contribution in [0.1, 0.15) is 73.5 Å². The van der Waals surface area contributed by atoms with Crippen LogP contribution in [0.15, 0.2) is 201 Å². The molecule has 0 radical (unpaired) electrons. The molecular formula is C81H77F3N12O11. The number of methoxy groups -OCH3 is 3. The van der Waals surface area contributed by atoms with Crippen LogP contribution < -0.4 is 46.1 Å². The van der Waals surface area contributed by atoms with Gasteiger partial charge in [-0.3, -0.25) is 43.7 Å². The Balaban J connectivity index is 0.00000155. The first-order valence-electron chi connectivity index (χ1n) is 34.1. The van der Waals surface area contributed by atoms with Crippen LogP contribution in [0.25, 0.3) is 32.7 Å². The lowest BCUT2D eigenvalue weighted by atomic mass is 9.85. The molecule has 548 valence electrons. The number of ether oxygens (including phenoxy) is 3. The zero-order valence-corrected chi connectivity index (χ0v) is 59.1. The van der Waals surface area contributed by atoms with Gasteiger partial charge in [0, 0.05) is 128 Å². The first-order chi connectivity index (χ1) is 51.5. The number of amides is 6. The van der Waals surface area contributed by atoms with Crippen LogP contribution in [-0.2, 0) is 72.1 Å². The highest BCUT2D eigenvalue weighted by molar-refractivity contribution is 6.01. The third-order valence-electron chi connectivity index (χ3n) is 18.1. The number of aromatic amines is 3. The number of aryl methyl sites for hydroxylation is 3. The van der Waals surface area contributed by atoms with Crippen molar-refractivity contribution >= 4 is 91.2 Å². The summed E-state index contributed by atoms with van der Waals surface area (Å²) in [6.07, 6.45) is 0.214. The molecule has 12 aromatic rings. The van der Waals surface area contributed by atoms with Gasteiger partial charge in [-0.2, -0.15) is 13.2 Å². The molecule has 0 saturated carbocycles. The molecule has 0 aliphatic heterocycles. The van der Waals surface area contributed by atoms with E-state index in [9.17, 15) is 41.9 Å². The van der Waals surface area contributed by atoms with Crippen molar-refractivity contribution < 1.29 is 66.1 Å². The van der Waals surface area contributed by atoms with Gasteiger partial charge in [0.2, 0.25) is 35.4 Å². The molecule has 107 heavy (non-hydrogen) atoms. The van der Waals surface area contributed by atoms with Gasteiger partial charge in [0.05, 0.1) is 40.6 Å². The minimum Gasteiger partial charge on any atom is -0.497 e. The third-order valence-corrected chi connectivity index (χ3v) is 18.1. The molecule has 3 atom stereocenters. The number of fused-ring (bicyclic) bond motifs is 3. The Morgan fingerprint density at radius 3 is 0.916 bits per heavy atom. The molecule has 10 N–H and O–H groups in total. The Kier molecular flexibility index (Phi) is 23.8. The Labute approximate surface area is 612 Å². The van der Waals surface area contributed by atoms with E-state index in [4.69, 9.17) is 24.1 Å². The van der Waals surface area contributed by atoms with E-state index in [1.165, 1.54) is 0 Å². The number of benzene rings is 6. The van der Waals surface area contributed by atoms with E-state index >= 15 is 0 Å². The highest BCUT2D eigenvalue weighted by Crippen LogP contribution is 2.36. The normalized spacial score (nSPS) is 12.1. The zero-order valence-electron chi connectivity index (χ0n) is 59.1. The predicted molar refractivity (Wildman–Crippen MR) is 399 cm³/mol. The zero-order chi connectivity index (χ0) is 75.9. The minimum absolute atomic E-state index is 0.00463. The van der Waals surface area contributed by atoms with Gasteiger partial charge < -0.3 is 66.2 Å². The molecule has 0 spiro atoms. The monoisotopic (exact) mass is 1450 g/mol. The summed E-state index contributed by atoms with van der Waals surface area (Å²) in [5.41, 5.74) is 13.1. The van der Waals surface area contributed by atoms with Crippen molar-refractivity contribution in [1.29, 1.82) is 0 Å². The molecule has 26 heteroatoms. The number of pyridine rings is 3. The number of carbonyl (C=O) groups excluding carboxylic acids is 6. The van der Waals surface area contributed by atoms with Gasteiger partial charge >= 0.3 is 12.1 Å². The largest absolute Gasteiger partial charge is 0.497 e. The molecule has 6 amide bonds. The molecule has 0 bridgehead atoms. The van der Waals surface area contributed by atoms with E-state index in [-0.39, 0.29) is 56.2 Å². The number of carboxylic acid groups (broad SMARTS) is 1. The fraction of sp³-hybridized carbons (Fsp3) is 0.210. The molecule has 6 aromatic carbocycles. The van der Waals surface area contributed by atoms with Crippen LogP contribution in [0.3, 0.4) is 0 Å². The second-order valence-corrected chi connectivity index (χ2v) is 25.5. The van der Waals surface area contributed by atoms with E-state index in [0.717, 1.165) is 83.2 Å². The molecule has 0 aliphatic rings. The molecule has 6 heterocycles. The van der Waals surface area contributed by atoms with Crippen LogP contribution in [0.5, 0.6) is 17.2 Å². The van der Waals surface area contributed by atoms with Crippen LogP contribution in [0.2, 0.25) is 0 Å². The quantitative estimate of drug-likeness (QED) is 0.0214. The van der Waals surface area contributed by atoms with Crippen LogP contribution in [-0.4, -0.2) is 122 Å². The second kappa shape index (κ2) is 34.0. The van der Waals surface area contributed by atoms with Crippen LogP contribution in [0, 0.1) is 20.8 Å². The number of hydrogen-bond acceptors (Lipinski definition) is 13. The van der Waals surface area contributed by atoms with Gasteiger partial charge in [0.15, 0.2) is 0 Å². The van der Waals surface area contributed by atoms with Gasteiger partial charge in [-0.25, -0.2) is 4.79 Å². The van der Waals surface area contributed by atoms with Gasteiger partial charge in [0.25, 0.3) is 0 Å². The molecular weight excluding hydrogens is 1370 g/mol. The summed E-state index contributed by atoms with van der Waals surface area (Å²) >= 11 is 0. The number of carbonyl (C=O) groups is 7. The van der Waals surface area contributed by atoms with E-state index in [1.807, 2.05) is 130 Å². The van der Waals surface area contributed by atoms with Crippen molar-refractivity contribution in [2.24, 2.45) is 0 Å². The Hall–Kier alpha value is -13.1. The van der Waals surface area contributed by atoms with E-state index < -0.39 is 53.9 Å². The summed E-state index contributed by atoms with van der Waals surface area (Å²) < 4.78 is 48.2. The summed E-state index contributed by atoms with van der Waals surface area (Å²) in [7, 11) is 4.77. The highest BCUT2D eigenvalue weighted by Gasteiger charge is 2.38. The number of anilines is 3. The number of carboxylic acids is 1. The number of nitrogens with zero attached hydrogens (tertiary/aromatic N) is 3. The Morgan fingerprint density at radius 2 is 0.682 bits per heavy atom. The first-order valence-corrected chi connectivity index (χ1v) is 34.1. The SMILES string of the molecule is COc1ccc2[nH]c(C)c(CC(=O)N[C@@H](Cc3ccccn3)C(=O)Nc3ccc(C(c4ccc(NC(=O)[C@H](Cc5ccccn5)NC(=O)Cc5c(C)[nH]c6ccc(OC)cc56)cc4)c4ccc(NC(=O)[C@H](Cc5ccccn5)NC(=O)Cc5c(C)[nH]c6ccc(OC)cc56)cc4)cc3)c2c1.O=C(O)C(F)(F)F. The molecule has 12 rings (SSSR count). The fourth-order valence-electron chi connectivity index (χ4n) is 12.7. The van der Waals surface area contributed by atoms with Gasteiger partial charge in [-0.1, -0.05) is 54.6 Å². The molecule has 0 aliphatic carbocycles. The lowest BCUT2D eigenvalue weighted by molar-refractivity contribution is -0.192. The minimum atomic E-state index is -5.08. The number of alkyl halides is 3. The van der Waals surface area contributed by atoms with E-state index in [1.54, 1.807) is 113 Å². The van der Waals surface area contributed by atoms with E-state index in [0.29, 0.717) is 51.4 Å².